The van der Waals surface area contributed by atoms with Gasteiger partial charge in [0.05, 0.1) is 4.92 Å². The Labute approximate surface area is 90.6 Å². The van der Waals surface area contributed by atoms with Crippen molar-refractivity contribution in [2.45, 2.75) is 10.4 Å². The van der Waals surface area contributed by atoms with Crippen LogP contribution in [0, 0.1) is 10.1 Å². The van der Waals surface area contributed by atoms with Crippen LogP contribution < -0.4 is 0 Å². The minimum Gasteiger partial charge on any atom is -0.258 e. The lowest BCUT2D eigenvalue weighted by Gasteiger charge is -2.03. The van der Waals surface area contributed by atoms with Crippen LogP contribution >= 0.6 is 21.6 Å². The molecule has 0 saturated heterocycles. The summed E-state index contributed by atoms with van der Waals surface area (Å²) in [6, 6.07) is 4.89. The van der Waals surface area contributed by atoms with Crippen molar-refractivity contribution in [3.05, 3.63) is 34.4 Å². The van der Waals surface area contributed by atoms with Gasteiger partial charge in [0.15, 0.2) is 0 Å². The number of nitro benzene ring substituents is 1. The second-order valence-corrected chi connectivity index (χ2v) is 4.63. The van der Waals surface area contributed by atoms with Crippen LogP contribution in [0.1, 0.15) is 0 Å². The highest BCUT2D eigenvalue weighted by molar-refractivity contribution is 8.77. The Kier molecular flexibility index (Phi) is 3.86. The lowest BCUT2D eigenvalue weighted by atomic mass is 10.3. The number of alkyl halides is 3. The Morgan fingerprint density at radius 2 is 1.73 bits per heavy atom. The van der Waals surface area contributed by atoms with Crippen molar-refractivity contribution in [3.8, 4) is 0 Å². The van der Waals surface area contributed by atoms with Crippen molar-refractivity contribution in [1.82, 2.24) is 0 Å². The third kappa shape index (κ3) is 4.43. The van der Waals surface area contributed by atoms with Crippen molar-refractivity contribution in [3.63, 3.8) is 0 Å². The molecule has 8 heteroatoms. The fourth-order valence-electron chi connectivity index (χ4n) is 0.719. The number of benzene rings is 1. The van der Waals surface area contributed by atoms with Gasteiger partial charge in [-0.25, -0.2) is 0 Å². The first kappa shape index (κ1) is 12.2. The molecule has 0 amide bonds. The topological polar surface area (TPSA) is 43.1 Å². The van der Waals surface area contributed by atoms with Gasteiger partial charge in [0.25, 0.3) is 5.69 Å². The van der Waals surface area contributed by atoms with E-state index in [4.69, 9.17) is 0 Å². The summed E-state index contributed by atoms with van der Waals surface area (Å²) in [4.78, 5) is 9.96. The Morgan fingerprint density at radius 3 is 2.13 bits per heavy atom. The number of hydrogen-bond donors (Lipinski definition) is 0. The van der Waals surface area contributed by atoms with E-state index in [2.05, 4.69) is 0 Å². The smallest absolute Gasteiger partial charge is 0.258 e. The Bertz CT molecular complexity index is 352. The van der Waals surface area contributed by atoms with Gasteiger partial charge < -0.3 is 0 Å². The van der Waals surface area contributed by atoms with Crippen LogP contribution in [0.25, 0.3) is 0 Å². The summed E-state index contributed by atoms with van der Waals surface area (Å²) in [5.74, 6) is 0. The average Bonchev–Trinajstić information content (AvgIpc) is 2.14. The average molecular weight is 255 g/mol. The first-order valence-corrected chi connectivity index (χ1v) is 5.70. The van der Waals surface area contributed by atoms with Crippen LogP contribution in [-0.4, -0.2) is 10.4 Å². The van der Waals surface area contributed by atoms with Gasteiger partial charge in [0.2, 0.25) is 0 Å². The summed E-state index contributed by atoms with van der Waals surface area (Å²) < 4.78 is 35.3. The Hall–Kier alpha value is -0.890. The minimum atomic E-state index is -4.31. The SMILES string of the molecule is O=[N+]([O-])c1ccc(SSC(F)(F)F)cc1. The van der Waals surface area contributed by atoms with Crippen LogP contribution in [0.15, 0.2) is 29.2 Å². The first-order chi connectivity index (χ1) is 6.88. The van der Waals surface area contributed by atoms with Gasteiger partial charge in [0, 0.05) is 27.8 Å². The van der Waals surface area contributed by atoms with Gasteiger partial charge in [-0.15, -0.1) is 0 Å². The van der Waals surface area contributed by atoms with Gasteiger partial charge in [-0.05, 0) is 22.9 Å². The summed E-state index contributed by atoms with van der Waals surface area (Å²) in [6.45, 7) is 0. The predicted octanol–water partition coefficient (Wildman–Crippen LogP) is 3.85. The molecule has 0 aliphatic rings. The molecule has 1 rings (SSSR count). The molecule has 0 spiro atoms. The molecule has 0 bridgehead atoms. The quantitative estimate of drug-likeness (QED) is 0.467. The molecule has 0 radical (unpaired) electrons. The van der Waals surface area contributed by atoms with Gasteiger partial charge in [-0.3, -0.25) is 10.1 Å². The summed E-state index contributed by atoms with van der Waals surface area (Å²) in [6.07, 6.45) is 0. The zero-order chi connectivity index (χ0) is 11.5. The van der Waals surface area contributed by atoms with E-state index in [1.807, 2.05) is 0 Å². The van der Waals surface area contributed by atoms with Crippen LogP contribution in [0.4, 0.5) is 18.9 Å². The van der Waals surface area contributed by atoms with Crippen molar-refractivity contribution in [1.29, 1.82) is 0 Å². The fraction of sp³-hybridized carbons (Fsp3) is 0.143. The van der Waals surface area contributed by atoms with E-state index in [0.717, 1.165) is 0 Å². The number of non-ortho nitro benzene ring substituents is 1. The second kappa shape index (κ2) is 4.75. The molecular weight excluding hydrogens is 251 g/mol. The highest BCUT2D eigenvalue weighted by Crippen LogP contribution is 2.43. The minimum absolute atomic E-state index is 0.142. The van der Waals surface area contributed by atoms with E-state index in [1.165, 1.54) is 24.3 Å². The molecule has 0 heterocycles. The van der Waals surface area contributed by atoms with Gasteiger partial charge in [-0.2, -0.15) is 13.2 Å². The van der Waals surface area contributed by atoms with E-state index in [9.17, 15) is 23.3 Å². The molecule has 1 aromatic carbocycles. The third-order valence-electron chi connectivity index (χ3n) is 1.28. The van der Waals surface area contributed by atoms with Crippen molar-refractivity contribution in [2.24, 2.45) is 0 Å². The molecule has 0 unspecified atom stereocenters. The van der Waals surface area contributed by atoms with Gasteiger partial charge in [-0.1, -0.05) is 0 Å². The summed E-state index contributed by atoms with van der Waals surface area (Å²) >= 11 is 0. The normalized spacial score (nSPS) is 11.4. The molecule has 3 nitrogen and oxygen atoms in total. The molecule has 82 valence electrons. The molecule has 0 atom stereocenters. The summed E-state index contributed by atoms with van der Waals surface area (Å²) in [5.41, 5.74) is -4.46. The summed E-state index contributed by atoms with van der Waals surface area (Å²) in [7, 11) is 0.265. The Morgan fingerprint density at radius 1 is 1.20 bits per heavy atom. The molecule has 1 aromatic rings. The maximum atomic E-state index is 11.8. The largest absolute Gasteiger partial charge is 0.452 e. The molecule has 0 aliphatic heterocycles. The number of hydrogen-bond acceptors (Lipinski definition) is 4. The van der Waals surface area contributed by atoms with E-state index in [-0.39, 0.29) is 16.5 Å². The lowest BCUT2D eigenvalue weighted by molar-refractivity contribution is -0.384. The molecule has 0 aliphatic carbocycles. The van der Waals surface area contributed by atoms with E-state index < -0.39 is 10.4 Å². The lowest BCUT2D eigenvalue weighted by Crippen LogP contribution is -1.95. The zero-order valence-corrected chi connectivity index (χ0v) is 8.66. The summed E-state index contributed by atoms with van der Waals surface area (Å²) in [5, 5.41) is 10.2. The van der Waals surface area contributed by atoms with Gasteiger partial charge in [0.1, 0.15) is 0 Å². The molecule has 0 fully saturated rings. The first-order valence-electron chi connectivity index (χ1n) is 3.55. The van der Waals surface area contributed by atoms with E-state index >= 15 is 0 Å². The maximum Gasteiger partial charge on any atom is 0.452 e. The number of rotatable bonds is 3. The van der Waals surface area contributed by atoms with Crippen molar-refractivity contribution in [2.75, 3.05) is 0 Å². The highest BCUT2D eigenvalue weighted by atomic mass is 33.1. The van der Waals surface area contributed by atoms with E-state index in [1.54, 1.807) is 0 Å². The van der Waals surface area contributed by atoms with Crippen LogP contribution in [0.2, 0.25) is 0 Å². The fourth-order valence-corrected chi connectivity index (χ4v) is 2.06. The van der Waals surface area contributed by atoms with Gasteiger partial charge >= 0.3 is 5.51 Å². The molecule has 15 heavy (non-hydrogen) atoms. The van der Waals surface area contributed by atoms with Crippen molar-refractivity contribution >= 4 is 27.3 Å². The third-order valence-corrected chi connectivity index (χ3v) is 3.41. The monoisotopic (exact) mass is 255 g/mol. The van der Waals surface area contributed by atoms with Crippen LogP contribution in [0.3, 0.4) is 0 Å². The van der Waals surface area contributed by atoms with E-state index in [0.29, 0.717) is 15.7 Å². The maximum absolute atomic E-state index is 11.8. The number of nitro groups is 1. The van der Waals surface area contributed by atoms with Crippen molar-refractivity contribution < 1.29 is 18.1 Å². The van der Waals surface area contributed by atoms with Crippen LogP contribution in [-0.2, 0) is 0 Å². The predicted molar refractivity (Wildman–Crippen MR) is 52.6 cm³/mol. The Balaban J connectivity index is 2.61. The van der Waals surface area contributed by atoms with Crippen LogP contribution in [0.5, 0.6) is 0 Å². The standard InChI is InChI=1S/C7H4F3NO2S2/c8-7(9,10)15-14-6-3-1-5(2-4-6)11(12)13/h1-4H. The molecule has 0 aromatic heterocycles. The highest BCUT2D eigenvalue weighted by Gasteiger charge is 2.29. The molecule has 0 N–H and O–H groups in total. The zero-order valence-electron chi connectivity index (χ0n) is 7.02. The molecular formula is C7H4F3NO2S2. The second-order valence-electron chi connectivity index (χ2n) is 2.36. The number of halogens is 3. The molecule has 0 saturated carbocycles. The number of nitrogens with zero attached hydrogens (tertiary/aromatic N) is 1.